The molecule has 0 bridgehead atoms. The summed E-state index contributed by atoms with van der Waals surface area (Å²) in [7, 11) is 0. The summed E-state index contributed by atoms with van der Waals surface area (Å²) in [5, 5.41) is 14.1. The molecule has 0 radical (unpaired) electrons. The molecule has 0 aliphatic carbocycles. The highest BCUT2D eigenvalue weighted by atomic mass is 127. The van der Waals surface area contributed by atoms with E-state index in [0.29, 0.717) is 12.1 Å². The summed E-state index contributed by atoms with van der Waals surface area (Å²) in [5.41, 5.74) is 2.99. The fourth-order valence-electron chi connectivity index (χ4n) is 1.25. The third-order valence-electron chi connectivity index (χ3n) is 2.12. The molecular formula is C11H9IN2O2S. The Labute approximate surface area is 116 Å². The third kappa shape index (κ3) is 3.16. The Hall–Kier alpha value is -1.15. The number of nitrogens with zero attached hydrogens (tertiary/aromatic N) is 1. The summed E-state index contributed by atoms with van der Waals surface area (Å²) in [4.78, 5) is 15.8. The molecule has 2 aromatic rings. The van der Waals surface area contributed by atoms with E-state index in [1.807, 2.05) is 28.0 Å². The summed E-state index contributed by atoms with van der Waals surface area (Å²) < 4.78 is 0.721. The van der Waals surface area contributed by atoms with Crippen LogP contribution in [0.4, 0.5) is 0 Å². The number of benzene rings is 1. The van der Waals surface area contributed by atoms with Crippen LogP contribution in [0, 0.1) is 3.57 Å². The highest BCUT2D eigenvalue weighted by Gasteiger charge is 2.08. The first kappa shape index (κ1) is 12.3. The Morgan fingerprint density at radius 3 is 3.00 bits per heavy atom. The van der Waals surface area contributed by atoms with Crippen molar-refractivity contribution in [1.82, 2.24) is 10.3 Å². The Kier molecular flexibility index (Phi) is 3.95. The fourth-order valence-corrected chi connectivity index (χ4v) is 2.15. The van der Waals surface area contributed by atoms with Crippen molar-refractivity contribution in [2.75, 3.05) is 0 Å². The molecule has 6 heteroatoms. The second kappa shape index (κ2) is 5.46. The number of phenolic OH excluding ortho intramolecular Hbond substituents is 1. The lowest BCUT2D eigenvalue weighted by Crippen LogP contribution is -2.22. The zero-order valence-electron chi connectivity index (χ0n) is 8.68. The number of nitrogens with one attached hydrogen (secondary N) is 1. The van der Waals surface area contributed by atoms with E-state index in [9.17, 15) is 9.90 Å². The monoisotopic (exact) mass is 360 g/mol. The van der Waals surface area contributed by atoms with Crippen LogP contribution in [-0.2, 0) is 6.54 Å². The Balaban J connectivity index is 2.02. The lowest BCUT2D eigenvalue weighted by Gasteiger charge is -2.04. The molecule has 0 spiro atoms. The van der Waals surface area contributed by atoms with Crippen LogP contribution < -0.4 is 5.32 Å². The van der Waals surface area contributed by atoms with Gasteiger partial charge in [-0.3, -0.25) is 4.79 Å². The molecule has 0 unspecified atom stereocenters. The van der Waals surface area contributed by atoms with Gasteiger partial charge in [0.05, 0.1) is 21.3 Å². The van der Waals surface area contributed by atoms with Crippen LogP contribution in [0.3, 0.4) is 0 Å². The van der Waals surface area contributed by atoms with E-state index >= 15 is 0 Å². The second-order valence-electron chi connectivity index (χ2n) is 3.33. The molecular weight excluding hydrogens is 351 g/mol. The summed E-state index contributed by atoms with van der Waals surface area (Å²) in [6.45, 7) is 0.398. The van der Waals surface area contributed by atoms with Gasteiger partial charge in [0, 0.05) is 10.9 Å². The molecule has 1 heterocycles. The molecule has 2 N–H and O–H groups in total. The number of aromatic hydroxyl groups is 1. The molecule has 0 saturated heterocycles. The van der Waals surface area contributed by atoms with Gasteiger partial charge in [0.2, 0.25) is 0 Å². The maximum atomic E-state index is 11.8. The maximum Gasteiger partial charge on any atom is 0.251 e. The summed E-state index contributed by atoms with van der Waals surface area (Å²) in [5.74, 6) is -0.100. The quantitative estimate of drug-likeness (QED) is 0.827. The SMILES string of the molecule is O=C(NCc1cscn1)c1ccc(I)c(O)c1. The summed E-state index contributed by atoms with van der Waals surface area (Å²) in [6, 6.07) is 4.84. The molecule has 0 aliphatic rings. The van der Waals surface area contributed by atoms with Crippen LogP contribution in [0.25, 0.3) is 0 Å². The molecule has 1 aromatic carbocycles. The van der Waals surface area contributed by atoms with Gasteiger partial charge < -0.3 is 10.4 Å². The van der Waals surface area contributed by atoms with Crippen LogP contribution in [0.5, 0.6) is 5.75 Å². The van der Waals surface area contributed by atoms with Gasteiger partial charge in [-0.2, -0.15) is 0 Å². The number of thiazole rings is 1. The smallest absolute Gasteiger partial charge is 0.251 e. The van der Waals surface area contributed by atoms with E-state index < -0.39 is 0 Å². The van der Waals surface area contributed by atoms with E-state index in [1.54, 1.807) is 17.6 Å². The van der Waals surface area contributed by atoms with Crippen LogP contribution in [0.15, 0.2) is 29.1 Å². The minimum atomic E-state index is -0.218. The minimum absolute atomic E-state index is 0.118. The van der Waals surface area contributed by atoms with Crippen molar-refractivity contribution in [1.29, 1.82) is 0 Å². The van der Waals surface area contributed by atoms with Crippen molar-refractivity contribution >= 4 is 39.8 Å². The Bertz CT molecular complexity index is 528. The van der Waals surface area contributed by atoms with E-state index in [0.717, 1.165) is 9.26 Å². The van der Waals surface area contributed by atoms with Gasteiger partial charge in [0.25, 0.3) is 5.91 Å². The molecule has 17 heavy (non-hydrogen) atoms. The summed E-state index contributed by atoms with van der Waals surface area (Å²) in [6.07, 6.45) is 0. The predicted molar refractivity (Wildman–Crippen MR) is 74.1 cm³/mol. The first-order valence-electron chi connectivity index (χ1n) is 4.80. The average Bonchev–Trinajstić information content (AvgIpc) is 2.82. The first-order valence-corrected chi connectivity index (χ1v) is 6.83. The van der Waals surface area contributed by atoms with Crippen LogP contribution in [0.1, 0.15) is 16.1 Å². The van der Waals surface area contributed by atoms with Gasteiger partial charge >= 0.3 is 0 Å². The zero-order chi connectivity index (χ0) is 12.3. The number of carbonyl (C=O) groups is 1. The molecule has 0 fully saturated rings. The Morgan fingerprint density at radius 1 is 1.53 bits per heavy atom. The topological polar surface area (TPSA) is 62.2 Å². The van der Waals surface area contributed by atoms with Crippen molar-refractivity contribution in [3.05, 3.63) is 43.9 Å². The normalized spacial score (nSPS) is 10.2. The fraction of sp³-hybridized carbons (Fsp3) is 0.0909. The van der Waals surface area contributed by atoms with Gasteiger partial charge in [-0.15, -0.1) is 11.3 Å². The number of aromatic nitrogens is 1. The molecule has 1 amide bonds. The first-order chi connectivity index (χ1) is 8.16. The third-order valence-corrected chi connectivity index (χ3v) is 3.67. The average molecular weight is 360 g/mol. The minimum Gasteiger partial charge on any atom is -0.507 e. The highest BCUT2D eigenvalue weighted by Crippen LogP contribution is 2.20. The van der Waals surface area contributed by atoms with Crippen LogP contribution >= 0.6 is 33.9 Å². The van der Waals surface area contributed by atoms with Crippen molar-refractivity contribution in [3.8, 4) is 5.75 Å². The number of rotatable bonds is 3. The number of carbonyl (C=O) groups excluding carboxylic acids is 1. The molecule has 0 aliphatic heterocycles. The predicted octanol–water partition coefficient (Wildman–Crippen LogP) is 2.38. The van der Waals surface area contributed by atoms with Gasteiger partial charge in [-0.1, -0.05) is 0 Å². The van der Waals surface area contributed by atoms with E-state index in [1.165, 1.54) is 17.4 Å². The summed E-state index contributed by atoms with van der Waals surface area (Å²) >= 11 is 3.49. The number of hydrogen-bond acceptors (Lipinski definition) is 4. The molecule has 88 valence electrons. The van der Waals surface area contributed by atoms with Crippen molar-refractivity contribution < 1.29 is 9.90 Å². The van der Waals surface area contributed by atoms with Gasteiger partial charge in [-0.25, -0.2) is 4.98 Å². The van der Waals surface area contributed by atoms with Crippen LogP contribution in [0.2, 0.25) is 0 Å². The van der Waals surface area contributed by atoms with Crippen molar-refractivity contribution in [3.63, 3.8) is 0 Å². The number of halogens is 1. The van der Waals surface area contributed by atoms with Gasteiger partial charge in [0.15, 0.2) is 0 Å². The van der Waals surface area contributed by atoms with E-state index in [-0.39, 0.29) is 11.7 Å². The number of amides is 1. The molecule has 0 atom stereocenters. The lowest BCUT2D eigenvalue weighted by atomic mass is 10.2. The van der Waals surface area contributed by atoms with E-state index in [2.05, 4.69) is 10.3 Å². The van der Waals surface area contributed by atoms with Crippen molar-refractivity contribution in [2.45, 2.75) is 6.54 Å². The molecule has 0 saturated carbocycles. The highest BCUT2D eigenvalue weighted by molar-refractivity contribution is 14.1. The van der Waals surface area contributed by atoms with Crippen LogP contribution in [-0.4, -0.2) is 16.0 Å². The molecule has 2 rings (SSSR count). The Morgan fingerprint density at radius 2 is 2.35 bits per heavy atom. The number of hydrogen-bond donors (Lipinski definition) is 2. The second-order valence-corrected chi connectivity index (χ2v) is 5.21. The zero-order valence-corrected chi connectivity index (χ0v) is 11.7. The number of phenols is 1. The van der Waals surface area contributed by atoms with E-state index in [4.69, 9.17) is 0 Å². The standard InChI is InChI=1S/C11H9IN2O2S/c12-9-2-1-7(3-10(9)15)11(16)13-4-8-5-17-6-14-8/h1-3,5-6,15H,4H2,(H,13,16). The lowest BCUT2D eigenvalue weighted by molar-refractivity contribution is 0.0950. The molecule has 1 aromatic heterocycles. The van der Waals surface area contributed by atoms with Gasteiger partial charge in [0.1, 0.15) is 5.75 Å². The largest absolute Gasteiger partial charge is 0.507 e. The molecule has 4 nitrogen and oxygen atoms in total. The van der Waals surface area contributed by atoms with Crippen molar-refractivity contribution in [2.24, 2.45) is 0 Å². The maximum absolute atomic E-state index is 11.8. The van der Waals surface area contributed by atoms with Gasteiger partial charge in [-0.05, 0) is 40.8 Å².